The second-order valence-electron chi connectivity index (χ2n) is 7.64. The Hall–Kier alpha value is -2.74. The Labute approximate surface area is 179 Å². The number of nitrogens with zero attached hydrogens (tertiary/aromatic N) is 6. The summed E-state index contributed by atoms with van der Waals surface area (Å²) < 4.78 is 8.02. The van der Waals surface area contributed by atoms with Crippen LogP contribution in [0.3, 0.4) is 0 Å². The second-order valence-corrected chi connectivity index (χ2v) is 8.08. The van der Waals surface area contributed by atoms with E-state index in [1.54, 1.807) is 0 Å². The first kappa shape index (κ1) is 19.2. The van der Waals surface area contributed by atoms with Gasteiger partial charge in [0, 0.05) is 55.7 Å². The standard InChI is InChI=1S/C22H23ClN6O/c1-16(21-25-26-22(30-21)17-5-4-6-18(23)13-17)28-11-9-27(10-12-28)14-19-15-29-8-3-2-7-20(29)24-19/h2-8,13,15-16H,9-12,14H2,1H3. The molecule has 0 spiro atoms. The minimum absolute atomic E-state index is 0.0720. The Morgan fingerprint density at radius 1 is 1.07 bits per heavy atom. The van der Waals surface area contributed by atoms with Gasteiger partial charge in [-0.15, -0.1) is 10.2 Å². The van der Waals surface area contributed by atoms with Crippen LogP contribution < -0.4 is 0 Å². The molecule has 1 aliphatic rings. The maximum atomic E-state index is 6.07. The minimum Gasteiger partial charge on any atom is -0.419 e. The number of halogens is 1. The van der Waals surface area contributed by atoms with Crippen molar-refractivity contribution in [1.29, 1.82) is 0 Å². The summed E-state index contributed by atoms with van der Waals surface area (Å²) in [5.41, 5.74) is 2.93. The van der Waals surface area contributed by atoms with Gasteiger partial charge in [-0.05, 0) is 37.3 Å². The average molecular weight is 423 g/mol. The van der Waals surface area contributed by atoms with Crippen LogP contribution in [0, 0.1) is 0 Å². The van der Waals surface area contributed by atoms with Gasteiger partial charge < -0.3 is 8.82 Å². The van der Waals surface area contributed by atoms with Crippen molar-refractivity contribution in [3.05, 3.63) is 71.5 Å². The number of fused-ring (bicyclic) bond motifs is 1. The summed E-state index contributed by atoms with van der Waals surface area (Å²) in [5, 5.41) is 9.15. The third-order valence-electron chi connectivity index (χ3n) is 5.62. The lowest BCUT2D eigenvalue weighted by atomic mass is 10.2. The van der Waals surface area contributed by atoms with E-state index in [4.69, 9.17) is 21.0 Å². The van der Waals surface area contributed by atoms with Crippen LogP contribution in [0.2, 0.25) is 5.02 Å². The lowest BCUT2D eigenvalue weighted by molar-refractivity contribution is 0.0870. The van der Waals surface area contributed by atoms with Crippen LogP contribution in [0.15, 0.2) is 59.3 Å². The van der Waals surface area contributed by atoms with Gasteiger partial charge in [0.15, 0.2) is 0 Å². The third-order valence-corrected chi connectivity index (χ3v) is 5.86. The van der Waals surface area contributed by atoms with Crippen molar-refractivity contribution in [3.8, 4) is 11.5 Å². The van der Waals surface area contributed by atoms with Gasteiger partial charge in [0.1, 0.15) is 5.65 Å². The molecular weight excluding hydrogens is 400 g/mol. The zero-order valence-corrected chi connectivity index (χ0v) is 17.5. The molecule has 1 aliphatic heterocycles. The highest BCUT2D eigenvalue weighted by Crippen LogP contribution is 2.26. The largest absolute Gasteiger partial charge is 0.419 e. The molecule has 1 saturated heterocycles. The molecule has 1 aromatic carbocycles. The van der Waals surface area contributed by atoms with Crippen molar-refractivity contribution in [2.45, 2.75) is 19.5 Å². The van der Waals surface area contributed by atoms with Crippen molar-refractivity contribution in [1.82, 2.24) is 29.4 Å². The van der Waals surface area contributed by atoms with E-state index in [1.807, 2.05) is 48.7 Å². The molecule has 8 heteroatoms. The van der Waals surface area contributed by atoms with Gasteiger partial charge >= 0.3 is 0 Å². The molecule has 0 N–H and O–H groups in total. The lowest BCUT2D eigenvalue weighted by Crippen LogP contribution is -2.46. The van der Waals surface area contributed by atoms with E-state index in [9.17, 15) is 0 Å². The number of piperazine rings is 1. The van der Waals surface area contributed by atoms with Crippen molar-refractivity contribution in [3.63, 3.8) is 0 Å². The Kier molecular flexibility index (Phi) is 5.25. The number of rotatable bonds is 5. The highest BCUT2D eigenvalue weighted by atomic mass is 35.5. The van der Waals surface area contributed by atoms with Crippen molar-refractivity contribution < 1.29 is 4.42 Å². The molecule has 1 fully saturated rings. The summed E-state index contributed by atoms with van der Waals surface area (Å²) in [7, 11) is 0. The van der Waals surface area contributed by atoms with Gasteiger partial charge in [-0.2, -0.15) is 0 Å². The maximum absolute atomic E-state index is 6.07. The van der Waals surface area contributed by atoms with Crippen LogP contribution in [0.25, 0.3) is 17.1 Å². The number of imidazole rings is 1. The molecule has 1 atom stereocenters. The molecule has 30 heavy (non-hydrogen) atoms. The molecule has 0 saturated carbocycles. The zero-order chi connectivity index (χ0) is 20.5. The molecule has 0 amide bonds. The van der Waals surface area contributed by atoms with Crippen molar-refractivity contribution in [2.24, 2.45) is 0 Å². The molecule has 3 aromatic heterocycles. The highest BCUT2D eigenvalue weighted by molar-refractivity contribution is 6.30. The average Bonchev–Trinajstić information content (AvgIpc) is 3.41. The summed E-state index contributed by atoms with van der Waals surface area (Å²) in [5.74, 6) is 1.14. The van der Waals surface area contributed by atoms with E-state index < -0.39 is 0 Å². The fourth-order valence-corrected chi connectivity index (χ4v) is 4.09. The van der Waals surface area contributed by atoms with Crippen LogP contribution in [-0.4, -0.2) is 55.6 Å². The van der Waals surface area contributed by atoms with Crippen molar-refractivity contribution >= 4 is 17.2 Å². The fraction of sp³-hybridized carbons (Fsp3) is 0.318. The van der Waals surface area contributed by atoms with Crippen LogP contribution in [0.4, 0.5) is 0 Å². The molecular formula is C22H23ClN6O. The van der Waals surface area contributed by atoms with Gasteiger partial charge in [-0.25, -0.2) is 4.98 Å². The third kappa shape index (κ3) is 3.96. The van der Waals surface area contributed by atoms with Crippen LogP contribution in [0.1, 0.15) is 24.6 Å². The second kappa shape index (κ2) is 8.18. The van der Waals surface area contributed by atoms with Gasteiger partial charge in [-0.1, -0.05) is 23.7 Å². The van der Waals surface area contributed by atoms with Crippen LogP contribution in [-0.2, 0) is 6.54 Å². The Morgan fingerprint density at radius 2 is 1.93 bits per heavy atom. The van der Waals surface area contributed by atoms with E-state index >= 15 is 0 Å². The summed E-state index contributed by atoms with van der Waals surface area (Å²) >= 11 is 6.07. The van der Waals surface area contributed by atoms with E-state index in [1.165, 1.54) is 0 Å². The van der Waals surface area contributed by atoms with Gasteiger partial charge in [0.25, 0.3) is 0 Å². The summed E-state index contributed by atoms with van der Waals surface area (Å²) in [4.78, 5) is 9.54. The number of pyridine rings is 1. The first-order chi connectivity index (χ1) is 14.7. The number of hydrogen-bond donors (Lipinski definition) is 0. The van der Waals surface area contributed by atoms with Crippen LogP contribution in [0.5, 0.6) is 0 Å². The van der Waals surface area contributed by atoms with E-state index in [-0.39, 0.29) is 6.04 Å². The Balaban J connectivity index is 1.20. The first-order valence-electron chi connectivity index (χ1n) is 10.1. The fourth-order valence-electron chi connectivity index (χ4n) is 3.90. The molecule has 0 bridgehead atoms. The molecule has 4 aromatic rings. The summed E-state index contributed by atoms with van der Waals surface area (Å²) in [6, 6.07) is 13.6. The molecule has 1 unspecified atom stereocenters. The summed E-state index contributed by atoms with van der Waals surface area (Å²) in [6.45, 7) is 6.84. The lowest BCUT2D eigenvalue weighted by Gasteiger charge is -2.36. The van der Waals surface area contributed by atoms with Gasteiger partial charge in [-0.3, -0.25) is 9.80 Å². The topological polar surface area (TPSA) is 62.7 Å². The monoisotopic (exact) mass is 422 g/mol. The zero-order valence-electron chi connectivity index (χ0n) is 16.8. The quantitative estimate of drug-likeness (QED) is 0.485. The molecule has 154 valence electrons. The Morgan fingerprint density at radius 3 is 2.73 bits per heavy atom. The smallest absolute Gasteiger partial charge is 0.247 e. The molecule has 5 rings (SSSR count). The maximum Gasteiger partial charge on any atom is 0.247 e. The highest BCUT2D eigenvalue weighted by Gasteiger charge is 2.26. The molecule has 4 heterocycles. The molecule has 7 nitrogen and oxygen atoms in total. The predicted molar refractivity (Wildman–Crippen MR) is 115 cm³/mol. The Bertz CT molecular complexity index is 1110. The van der Waals surface area contributed by atoms with Gasteiger partial charge in [0.2, 0.25) is 11.8 Å². The number of aromatic nitrogens is 4. The molecule has 0 radical (unpaired) electrons. The van der Waals surface area contributed by atoms with Gasteiger partial charge in [0.05, 0.1) is 11.7 Å². The number of benzene rings is 1. The molecule has 0 aliphatic carbocycles. The first-order valence-corrected chi connectivity index (χ1v) is 10.5. The number of hydrogen-bond acceptors (Lipinski definition) is 6. The van der Waals surface area contributed by atoms with Crippen molar-refractivity contribution in [2.75, 3.05) is 26.2 Å². The van der Waals surface area contributed by atoms with Crippen LogP contribution >= 0.6 is 11.6 Å². The normalized spacial score (nSPS) is 16.9. The minimum atomic E-state index is 0.0720. The van der Waals surface area contributed by atoms with E-state index in [0.29, 0.717) is 16.8 Å². The van der Waals surface area contributed by atoms with E-state index in [2.05, 4.69) is 37.5 Å². The SMILES string of the molecule is CC(c1nnc(-c2cccc(Cl)c2)o1)N1CCN(Cc2cn3ccccc3n2)CC1. The predicted octanol–water partition coefficient (Wildman–Crippen LogP) is 3.92. The summed E-state index contributed by atoms with van der Waals surface area (Å²) in [6.07, 6.45) is 4.15. The van der Waals surface area contributed by atoms with E-state index in [0.717, 1.165) is 49.6 Å².